The Hall–Kier alpha value is -3.35. The molecule has 2 aromatic rings. The van der Waals surface area contributed by atoms with Crippen LogP contribution in [-0.4, -0.2) is 30.1 Å². The predicted octanol–water partition coefficient (Wildman–Crippen LogP) is 3.58. The highest BCUT2D eigenvalue weighted by Gasteiger charge is 2.24. The molecule has 7 nitrogen and oxygen atoms in total. The average Bonchev–Trinajstić information content (AvgIpc) is 3.26. The molecule has 0 spiro atoms. The quantitative estimate of drug-likeness (QED) is 0.681. The van der Waals surface area contributed by atoms with E-state index in [4.69, 9.17) is 9.47 Å². The van der Waals surface area contributed by atoms with Crippen LogP contribution in [0.5, 0.6) is 5.75 Å². The number of benzene rings is 2. The molecule has 0 aromatic heterocycles. The highest BCUT2D eigenvalue weighted by Crippen LogP contribution is 2.18. The van der Waals surface area contributed by atoms with Crippen LogP contribution in [0.3, 0.4) is 0 Å². The van der Waals surface area contributed by atoms with Gasteiger partial charge in [-0.3, -0.25) is 10.1 Å². The lowest BCUT2D eigenvalue weighted by atomic mass is 10.1. The number of esters is 1. The maximum atomic E-state index is 12.6. The number of amides is 3. The number of hydrogen-bond donors (Lipinski definition) is 2. The van der Waals surface area contributed by atoms with Gasteiger partial charge in [-0.1, -0.05) is 49.2 Å². The van der Waals surface area contributed by atoms with E-state index in [1.54, 1.807) is 24.3 Å². The van der Waals surface area contributed by atoms with Crippen molar-refractivity contribution in [3.63, 3.8) is 0 Å². The lowest BCUT2D eigenvalue weighted by molar-refractivity contribution is -0.127. The Morgan fingerprint density at radius 3 is 2.40 bits per heavy atom. The molecule has 0 unspecified atom stereocenters. The normalized spacial score (nSPS) is 14.6. The third-order valence-corrected chi connectivity index (χ3v) is 4.95. The van der Waals surface area contributed by atoms with Gasteiger partial charge in [0.05, 0.1) is 5.56 Å². The smallest absolute Gasteiger partial charge is 0.339 e. The zero-order chi connectivity index (χ0) is 21.3. The summed E-state index contributed by atoms with van der Waals surface area (Å²) in [6, 6.07) is 15.7. The van der Waals surface area contributed by atoms with Crippen molar-refractivity contribution in [2.75, 3.05) is 0 Å². The highest BCUT2D eigenvalue weighted by atomic mass is 16.5. The summed E-state index contributed by atoms with van der Waals surface area (Å²) in [5, 5.41) is 5.00. The molecule has 30 heavy (non-hydrogen) atoms. The van der Waals surface area contributed by atoms with Gasteiger partial charge in [-0.15, -0.1) is 0 Å². The first-order chi connectivity index (χ1) is 14.5. The summed E-state index contributed by atoms with van der Waals surface area (Å²) in [5.41, 5.74) is 0.946. The van der Waals surface area contributed by atoms with Crippen LogP contribution in [0, 0.1) is 0 Å². The van der Waals surface area contributed by atoms with Crippen molar-refractivity contribution in [3.8, 4) is 5.75 Å². The summed E-state index contributed by atoms with van der Waals surface area (Å²) in [7, 11) is 0. The third-order valence-electron chi connectivity index (χ3n) is 4.95. The van der Waals surface area contributed by atoms with E-state index in [0.717, 1.165) is 25.7 Å². The van der Waals surface area contributed by atoms with Gasteiger partial charge in [-0.2, -0.15) is 0 Å². The molecule has 0 heterocycles. The first kappa shape index (κ1) is 21.4. The van der Waals surface area contributed by atoms with Gasteiger partial charge >= 0.3 is 12.0 Å². The number of carbonyl (C=O) groups is 3. The van der Waals surface area contributed by atoms with Crippen LogP contribution in [0.2, 0.25) is 0 Å². The Kier molecular flexibility index (Phi) is 7.43. The molecule has 0 aliphatic heterocycles. The van der Waals surface area contributed by atoms with Gasteiger partial charge in [0, 0.05) is 11.6 Å². The number of para-hydroxylation sites is 1. The summed E-state index contributed by atoms with van der Waals surface area (Å²) in [6.07, 6.45) is 2.85. The second kappa shape index (κ2) is 10.4. The Morgan fingerprint density at radius 1 is 1.00 bits per heavy atom. The minimum atomic E-state index is -1.12. The monoisotopic (exact) mass is 410 g/mol. The Bertz CT molecular complexity index is 878. The fraction of sp³-hybridized carbons (Fsp3) is 0.348. The van der Waals surface area contributed by atoms with Crippen molar-refractivity contribution in [2.45, 2.75) is 51.4 Å². The molecular formula is C23H26N2O5. The van der Waals surface area contributed by atoms with Crippen molar-refractivity contribution in [3.05, 3.63) is 65.7 Å². The summed E-state index contributed by atoms with van der Waals surface area (Å²) in [6.45, 7) is 1.61. The summed E-state index contributed by atoms with van der Waals surface area (Å²) in [4.78, 5) is 36.8. The number of carbonyl (C=O) groups excluding carboxylic acids is 3. The summed E-state index contributed by atoms with van der Waals surface area (Å²) < 4.78 is 11.0. The Morgan fingerprint density at radius 2 is 1.67 bits per heavy atom. The van der Waals surface area contributed by atoms with Crippen LogP contribution < -0.4 is 15.4 Å². The fourth-order valence-corrected chi connectivity index (χ4v) is 3.31. The fourth-order valence-electron chi connectivity index (χ4n) is 3.31. The van der Waals surface area contributed by atoms with Crippen LogP contribution >= 0.6 is 0 Å². The van der Waals surface area contributed by atoms with Crippen LogP contribution in [0.25, 0.3) is 0 Å². The zero-order valence-electron chi connectivity index (χ0n) is 16.9. The van der Waals surface area contributed by atoms with Gasteiger partial charge in [0.2, 0.25) is 0 Å². The number of nitrogens with one attached hydrogen (secondary N) is 2. The van der Waals surface area contributed by atoms with Gasteiger partial charge < -0.3 is 14.8 Å². The van der Waals surface area contributed by atoms with Crippen LogP contribution in [-0.2, 0) is 16.1 Å². The van der Waals surface area contributed by atoms with Crippen molar-refractivity contribution < 1.29 is 23.9 Å². The van der Waals surface area contributed by atoms with Gasteiger partial charge in [0.1, 0.15) is 12.4 Å². The molecule has 0 saturated heterocycles. The molecule has 0 radical (unpaired) electrons. The number of hydrogen-bond acceptors (Lipinski definition) is 5. The van der Waals surface area contributed by atoms with E-state index in [0.29, 0.717) is 16.9 Å². The van der Waals surface area contributed by atoms with Crippen molar-refractivity contribution in [2.24, 2.45) is 0 Å². The Labute approximate surface area is 175 Å². The first-order valence-corrected chi connectivity index (χ1v) is 10.1. The lowest BCUT2D eigenvalue weighted by Gasteiger charge is -2.16. The van der Waals surface area contributed by atoms with E-state index < -0.39 is 24.0 Å². The number of urea groups is 1. The zero-order valence-corrected chi connectivity index (χ0v) is 16.9. The van der Waals surface area contributed by atoms with Gasteiger partial charge in [0.15, 0.2) is 6.10 Å². The molecule has 1 saturated carbocycles. The lowest BCUT2D eigenvalue weighted by Crippen LogP contribution is -2.47. The Balaban J connectivity index is 1.54. The minimum absolute atomic E-state index is 0.0900. The molecule has 158 valence electrons. The first-order valence-electron chi connectivity index (χ1n) is 10.1. The molecule has 2 aromatic carbocycles. The second-order valence-electron chi connectivity index (χ2n) is 7.25. The molecule has 1 aliphatic carbocycles. The largest absolute Gasteiger partial charge is 0.489 e. The third kappa shape index (κ3) is 6.07. The SMILES string of the molecule is C[C@H](OC(=O)c1ccccc1COc1ccccc1)C(=O)NC(=O)NC1CCCC1. The van der Waals surface area contributed by atoms with E-state index in [-0.39, 0.29) is 12.6 Å². The summed E-state index contributed by atoms with van der Waals surface area (Å²) in [5.74, 6) is -0.639. The van der Waals surface area contributed by atoms with E-state index in [1.807, 2.05) is 30.3 Å². The topological polar surface area (TPSA) is 93.7 Å². The maximum absolute atomic E-state index is 12.6. The van der Waals surface area contributed by atoms with E-state index in [1.165, 1.54) is 6.92 Å². The van der Waals surface area contributed by atoms with Gasteiger partial charge in [-0.05, 0) is 38.0 Å². The van der Waals surface area contributed by atoms with Crippen molar-refractivity contribution >= 4 is 17.9 Å². The molecule has 7 heteroatoms. The van der Waals surface area contributed by atoms with Crippen LogP contribution in [0.1, 0.15) is 48.5 Å². The van der Waals surface area contributed by atoms with Crippen molar-refractivity contribution in [1.82, 2.24) is 10.6 Å². The minimum Gasteiger partial charge on any atom is -0.489 e. The molecule has 3 rings (SSSR count). The number of imide groups is 1. The van der Waals surface area contributed by atoms with Crippen LogP contribution in [0.15, 0.2) is 54.6 Å². The number of rotatable bonds is 7. The van der Waals surface area contributed by atoms with E-state index in [2.05, 4.69) is 10.6 Å². The molecule has 0 bridgehead atoms. The molecule has 1 fully saturated rings. The summed E-state index contributed by atoms with van der Waals surface area (Å²) >= 11 is 0. The molecule has 3 amide bonds. The maximum Gasteiger partial charge on any atom is 0.339 e. The second-order valence-corrected chi connectivity index (χ2v) is 7.25. The standard InChI is InChI=1S/C23H26N2O5/c1-16(21(26)25-23(28)24-18-10-6-7-11-18)30-22(27)20-14-8-5-9-17(20)15-29-19-12-3-2-4-13-19/h2-5,8-9,12-14,16,18H,6-7,10-11,15H2,1H3,(H2,24,25,26,28)/t16-/m0/s1. The molecule has 1 aliphatic rings. The molecule has 1 atom stereocenters. The van der Waals surface area contributed by atoms with Crippen LogP contribution in [0.4, 0.5) is 4.79 Å². The van der Waals surface area contributed by atoms with Gasteiger partial charge in [0.25, 0.3) is 5.91 Å². The highest BCUT2D eigenvalue weighted by molar-refractivity contribution is 5.98. The van der Waals surface area contributed by atoms with Crippen molar-refractivity contribution in [1.29, 1.82) is 0 Å². The average molecular weight is 410 g/mol. The van der Waals surface area contributed by atoms with E-state index >= 15 is 0 Å². The predicted molar refractivity (Wildman–Crippen MR) is 111 cm³/mol. The van der Waals surface area contributed by atoms with E-state index in [9.17, 15) is 14.4 Å². The molecular weight excluding hydrogens is 384 g/mol. The van der Waals surface area contributed by atoms with Gasteiger partial charge in [-0.25, -0.2) is 9.59 Å². The number of ether oxygens (including phenoxy) is 2. The molecule has 2 N–H and O–H groups in total.